The third-order valence-corrected chi connectivity index (χ3v) is 4.74. The van der Waals surface area contributed by atoms with Crippen LogP contribution in [0.1, 0.15) is 31.4 Å². The summed E-state index contributed by atoms with van der Waals surface area (Å²) < 4.78 is 32.2. The summed E-state index contributed by atoms with van der Waals surface area (Å²) in [5.41, 5.74) is 1.91. The van der Waals surface area contributed by atoms with E-state index in [9.17, 15) is 8.42 Å². The third kappa shape index (κ3) is 5.74. The van der Waals surface area contributed by atoms with Crippen molar-refractivity contribution in [3.05, 3.63) is 35.4 Å². The van der Waals surface area contributed by atoms with Gasteiger partial charge in [-0.25, -0.2) is 13.1 Å². The highest BCUT2D eigenvalue weighted by Gasteiger charge is 2.22. The molecule has 0 radical (unpaired) electrons. The van der Waals surface area contributed by atoms with Gasteiger partial charge in [-0.3, -0.25) is 0 Å². The van der Waals surface area contributed by atoms with Crippen LogP contribution in [0.15, 0.2) is 24.3 Å². The van der Waals surface area contributed by atoms with Crippen LogP contribution in [-0.2, 0) is 27.1 Å². The Morgan fingerprint density at radius 2 is 2.10 bits per heavy atom. The Bertz CT molecular complexity index is 552. The van der Waals surface area contributed by atoms with Gasteiger partial charge >= 0.3 is 0 Å². The Balaban J connectivity index is 1.96. The summed E-state index contributed by atoms with van der Waals surface area (Å²) in [5.74, 6) is 0.0129. The molecule has 1 saturated heterocycles. The minimum atomic E-state index is -3.32. The van der Waals surface area contributed by atoms with Crippen molar-refractivity contribution in [2.45, 2.75) is 44.6 Å². The van der Waals surface area contributed by atoms with E-state index < -0.39 is 10.0 Å². The molecule has 0 bridgehead atoms. The molecule has 1 aromatic carbocycles. The van der Waals surface area contributed by atoms with Crippen molar-refractivity contribution in [2.75, 3.05) is 13.2 Å². The number of sulfonamides is 1. The summed E-state index contributed by atoms with van der Waals surface area (Å²) in [6.45, 7) is 6.01. The average molecular weight is 312 g/mol. The summed E-state index contributed by atoms with van der Waals surface area (Å²) >= 11 is 0. The number of ether oxygens (including phenoxy) is 1. The summed E-state index contributed by atoms with van der Waals surface area (Å²) in [7, 11) is -3.32. The van der Waals surface area contributed by atoms with E-state index in [-0.39, 0.29) is 11.8 Å². The predicted octanol–water partition coefficient (Wildman–Crippen LogP) is 1.39. The zero-order valence-corrected chi connectivity index (χ0v) is 13.4. The molecule has 1 heterocycles. The standard InChI is InChI=1S/C15H24N2O3S/c1-12(2)16-9-13-4-3-5-14(8-13)11-21(18,19)17-15-6-7-20-10-15/h3-5,8,12,15-17H,6-7,9-11H2,1-2H3. The van der Waals surface area contributed by atoms with Gasteiger partial charge in [-0.2, -0.15) is 0 Å². The van der Waals surface area contributed by atoms with Crippen LogP contribution >= 0.6 is 0 Å². The van der Waals surface area contributed by atoms with Gasteiger partial charge in [0.15, 0.2) is 0 Å². The Morgan fingerprint density at radius 3 is 2.76 bits per heavy atom. The quantitative estimate of drug-likeness (QED) is 0.798. The summed E-state index contributed by atoms with van der Waals surface area (Å²) in [6, 6.07) is 8.02. The fraction of sp³-hybridized carbons (Fsp3) is 0.600. The van der Waals surface area contributed by atoms with Gasteiger partial charge in [0.1, 0.15) is 0 Å². The largest absolute Gasteiger partial charge is 0.380 e. The molecule has 1 atom stereocenters. The monoisotopic (exact) mass is 312 g/mol. The second-order valence-corrected chi connectivity index (χ2v) is 7.55. The van der Waals surface area contributed by atoms with E-state index in [1.807, 2.05) is 24.3 Å². The second-order valence-electron chi connectivity index (χ2n) is 5.79. The lowest BCUT2D eigenvalue weighted by Crippen LogP contribution is -2.35. The molecule has 6 heteroatoms. The first-order chi connectivity index (χ1) is 9.94. The molecule has 0 amide bonds. The van der Waals surface area contributed by atoms with Crippen molar-refractivity contribution in [3.63, 3.8) is 0 Å². The molecular weight excluding hydrogens is 288 g/mol. The first-order valence-electron chi connectivity index (χ1n) is 7.33. The zero-order valence-electron chi connectivity index (χ0n) is 12.6. The molecule has 0 aromatic heterocycles. The number of nitrogens with one attached hydrogen (secondary N) is 2. The normalized spacial score (nSPS) is 19.3. The summed E-state index contributed by atoms with van der Waals surface area (Å²) in [5, 5.41) is 3.33. The van der Waals surface area contributed by atoms with Crippen LogP contribution in [0.3, 0.4) is 0 Å². The van der Waals surface area contributed by atoms with E-state index in [1.165, 1.54) is 0 Å². The molecule has 1 aromatic rings. The van der Waals surface area contributed by atoms with Crippen LogP contribution in [0, 0.1) is 0 Å². The van der Waals surface area contributed by atoms with E-state index in [4.69, 9.17) is 4.74 Å². The van der Waals surface area contributed by atoms with Crippen molar-refractivity contribution < 1.29 is 13.2 Å². The average Bonchev–Trinajstić information content (AvgIpc) is 2.88. The molecule has 1 aliphatic rings. The van der Waals surface area contributed by atoms with E-state index >= 15 is 0 Å². The van der Waals surface area contributed by atoms with Crippen LogP contribution in [0.5, 0.6) is 0 Å². The van der Waals surface area contributed by atoms with Crippen molar-refractivity contribution in [1.29, 1.82) is 0 Å². The van der Waals surface area contributed by atoms with Gasteiger partial charge in [0, 0.05) is 25.2 Å². The molecule has 2 N–H and O–H groups in total. The molecule has 0 aliphatic carbocycles. The highest BCUT2D eigenvalue weighted by atomic mass is 32.2. The zero-order chi connectivity index (χ0) is 15.3. The van der Waals surface area contributed by atoms with E-state index in [0.717, 1.165) is 24.1 Å². The van der Waals surface area contributed by atoms with Crippen LogP contribution < -0.4 is 10.0 Å². The fourth-order valence-corrected chi connectivity index (χ4v) is 3.69. The second kappa shape index (κ2) is 7.35. The van der Waals surface area contributed by atoms with E-state index in [1.54, 1.807) is 0 Å². The van der Waals surface area contributed by atoms with Gasteiger partial charge in [0.05, 0.1) is 12.4 Å². The third-order valence-electron chi connectivity index (χ3n) is 3.34. The van der Waals surface area contributed by atoms with Gasteiger partial charge in [-0.1, -0.05) is 38.1 Å². The van der Waals surface area contributed by atoms with Crippen molar-refractivity contribution in [3.8, 4) is 0 Å². The molecule has 0 spiro atoms. The first kappa shape index (κ1) is 16.4. The first-order valence-corrected chi connectivity index (χ1v) is 8.99. The minimum Gasteiger partial charge on any atom is -0.380 e. The summed E-state index contributed by atoms with van der Waals surface area (Å²) in [6.07, 6.45) is 0.748. The fourth-order valence-electron chi connectivity index (χ4n) is 2.29. The molecule has 1 fully saturated rings. The van der Waals surface area contributed by atoms with E-state index in [2.05, 4.69) is 23.9 Å². The van der Waals surface area contributed by atoms with Gasteiger partial charge < -0.3 is 10.1 Å². The van der Waals surface area contributed by atoms with Crippen LogP contribution in [0.2, 0.25) is 0 Å². The molecule has 1 unspecified atom stereocenters. The highest BCUT2D eigenvalue weighted by molar-refractivity contribution is 7.88. The van der Waals surface area contributed by atoms with Crippen LogP contribution in [-0.4, -0.2) is 33.7 Å². The molecule has 1 aliphatic heterocycles. The number of hydrogen-bond acceptors (Lipinski definition) is 4. The highest BCUT2D eigenvalue weighted by Crippen LogP contribution is 2.11. The Kier molecular flexibility index (Phi) is 5.75. The number of benzene rings is 1. The molecule has 5 nitrogen and oxygen atoms in total. The van der Waals surface area contributed by atoms with Gasteiger partial charge in [0.25, 0.3) is 0 Å². The molecule has 0 saturated carbocycles. The molecule has 118 valence electrons. The van der Waals surface area contributed by atoms with Crippen molar-refractivity contribution >= 4 is 10.0 Å². The Hall–Kier alpha value is -0.950. The van der Waals surface area contributed by atoms with Crippen LogP contribution in [0.25, 0.3) is 0 Å². The van der Waals surface area contributed by atoms with Crippen molar-refractivity contribution in [1.82, 2.24) is 10.0 Å². The van der Waals surface area contributed by atoms with E-state index in [0.29, 0.717) is 19.3 Å². The number of hydrogen-bond donors (Lipinski definition) is 2. The smallest absolute Gasteiger partial charge is 0.216 e. The van der Waals surface area contributed by atoms with Crippen molar-refractivity contribution in [2.24, 2.45) is 0 Å². The van der Waals surface area contributed by atoms with Gasteiger partial charge in [-0.15, -0.1) is 0 Å². The lowest BCUT2D eigenvalue weighted by atomic mass is 10.1. The molecule has 2 rings (SSSR count). The summed E-state index contributed by atoms with van der Waals surface area (Å²) in [4.78, 5) is 0. The molecular formula is C15H24N2O3S. The lowest BCUT2D eigenvalue weighted by molar-refractivity contribution is 0.192. The van der Waals surface area contributed by atoms with Gasteiger partial charge in [-0.05, 0) is 17.5 Å². The number of rotatable bonds is 7. The van der Waals surface area contributed by atoms with Crippen LogP contribution in [0.4, 0.5) is 0 Å². The minimum absolute atomic E-state index is 0.0129. The predicted molar refractivity (Wildman–Crippen MR) is 83.4 cm³/mol. The Labute approximate surface area is 127 Å². The maximum atomic E-state index is 12.2. The maximum absolute atomic E-state index is 12.2. The lowest BCUT2D eigenvalue weighted by Gasteiger charge is -2.12. The SMILES string of the molecule is CC(C)NCc1cccc(CS(=O)(=O)NC2CCOC2)c1. The van der Waals surface area contributed by atoms with Gasteiger partial charge in [0.2, 0.25) is 10.0 Å². The Morgan fingerprint density at radius 1 is 1.33 bits per heavy atom. The maximum Gasteiger partial charge on any atom is 0.216 e. The topological polar surface area (TPSA) is 67.4 Å². The molecule has 21 heavy (non-hydrogen) atoms.